The number of benzene rings is 1. The standard InChI is InChI=1S/C18H23ClN2O4/c1-11-3-4-13(18(20)23)10-21(11)16(22)9-12-7-14(19)17-15(8-12)24-5-2-6-25-17/h7-8,11,13H,2-6,9-10H2,1H3,(H2,20,23)/t11-,13+/m1/s1. The number of piperidine rings is 1. The molecule has 1 aromatic carbocycles. The lowest BCUT2D eigenvalue weighted by molar-refractivity contribution is -0.136. The number of likely N-dealkylation sites (tertiary alicyclic amines) is 1. The largest absolute Gasteiger partial charge is 0.489 e. The number of hydrogen-bond acceptors (Lipinski definition) is 4. The van der Waals surface area contributed by atoms with Crippen molar-refractivity contribution in [3.05, 3.63) is 22.7 Å². The molecule has 2 atom stereocenters. The summed E-state index contributed by atoms with van der Waals surface area (Å²) in [6.45, 7) is 3.50. The number of halogens is 1. The topological polar surface area (TPSA) is 81.9 Å². The third kappa shape index (κ3) is 4.00. The fourth-order valence-corrected chi connectivity index (χ4v) is 3.64. The van der Waals surface area contributed by atoms with Gasteiger partial charge in [0.2, 0.25) is 11.8 Å². The molecule has 0 bridgehead atoms. The van der Waals surface area contributed by atoms with Crippen molar-refractivity contribution in [2.45, 2.75) is 38.6 Å². The van der Waals surface area contributed by atoms with E-state index >= 15 is 0 Å². The molecule has 2 amide bonds. The normalized spacial score (nSPS) is 23.0. The first-order valence-corrected chi connectivity index (χ1v) is 9.00. The smallest absolute Gasteiger partial charge is 0.227 e. The van der Waals surface area contributed by atoms with Gasteiger partial charge < -0.3 is 20.1 Å². The Labute approximate surface area is 152 Å². The summed E-state index contributed by atoms with van der Waals surface area (Å²) in [5.41, 5.74) is 6.18. The van der Waals surface area contributed by atoms with Crippen LogP contribution in [0.3, 0.4) is 0 Å². The molecule has 136 valence electrons. The van der Waals surface area contributed by atoms with Crippen molar-refractivity contribution in [2.75, 3.05) is 19.8 Å². The van der Waals surface area contributed by atoms with Gasteiger partial charge in [-0.25, -0.2) is 0 Å². The van der Waals surface area contributed by atoms with Gasteiger partial charge in [0.15, 0.2) is 11.5 Å². The SMILES string of the molecule is C[C@@H]1CC[C@H](C(N)=O)CN1C(=O)Cc1cc(Cl)c2c(c1)OCCCO2. The summed E-state index contributed by atoms with van der Waals surface area (Å²) in [6.07, 6.45) is 2.50. The van der Waals surface area contributed by atoms with E-state index in [1.54, 1.807) is 11.0 Å². The van der Waals surface area contributed by atoms with Crippen LogP contribution >= 0.6 is 11.6 Å². The maximum Gasteiger partial charge on any atom is 0.227 e. The summed E-state index contributed by atoms with van der Waals surface area (Å²) in [6, 6.07) is 3.65. The Kier molecular flexibility index (Phi) is 5.37. The zero-order valence-electron chi connectivity index (χ0n) is 14.3. The zero-order chi connectivity index (χ0) is 18.0. The monoisotopic (exact) mass is 366 g/mol. The summed E-state index contributed by atoms with van der Waals surface area (Å²) in [5, 5.41) is 0.448. The molecule has 1 aromatic rings. The number of nitrogens with zero attached hydrogens (tertiary/aromatic N) is 1. The van der Waals surface area contributed by atoms with Crippen molar-refractivity contribution in [1.82, 2.24) is 4.90 Å². The first-order chi connectivity index (χ1) is 12.0. The van der Waals surface area contributed by atoms with Crippen LogP contribution in [0, 0.1) is 5.92 Å². The molecule has 2 heterocycles. The van der Waals surface area contributed by atoms with E-state index in [-0.39, 0.29) is 30.2 Å². The Balaban J connectivity index is 1.75. The highest BCUT2D eigenvalue weighted by molar-refractivity contribution is 6.32. The Morgan fingerprint density at radius 3 is 2.80 bits per heavy atom. The Morgan fingerprint density at radius 2 is 2.04 bits per heavy atom. The fourth-order valence-electron chi connectivity index (χ4n) is 3.35. The second-order valence-electron chi connectivity index (χ2n) is 6.70. The van der Waals surface area contributed by atoms with Crippen molar-refractivity contribution in [3.63, 3.8) is 0 Å². The van der Waals surface area contributed by atoms with Gasteiger partial charge in [-0.2, -0.15) is 0 Å². The van der Waals surface area contributed by atoms with Crippen molar-refractivity contribution < 1.29 is 19.1 Å². The minimum absolute atomic E-state index is 0.0380. The van der Waals surface area contributed by atoms with Crippen LogP contribution in [0.4, 0.5) is 0 Å². The van der Waals surface area contributed by atoms with Crippen LogP contribution in [0.5, 0.6) is 11.5 Å². The molecule has 0 radical (unpaired) electrons. The molecule has 3 rings (SSSR count). The summed E-state index contributed by atoms with van der Waals surface area (Å²) in [7, 11) is 0. The molecule has 6 nitrogen and oxygen atoms in total. The first kappa shape index (κ1) is 17.9. The molecule has 1 fully saturated rings. The van der Waals surface area contributed by atoms with Crippen LogP contribution in [0.1, 0.15) is 31.7 Å². The molecule has 1 saturated heterocycles. The molecule has 0 aromatic heterocycles. The number of fused-ring (bicyclic) bond motifs is 1. The average Bonchev–Trinajstić information content (AvgIpc) is 2.80. The van der Waals surface area contributed by atoms with E-state index < -0.39 is 0 Å². The molecule has 0 spiro atoms. The van der Waals surface area contributed by atoms with E-state index in [1.807, 2.05) is 13.0 Å². The minimum atomic E-state index is -0.344. The first-order valence-electron chi connectivity index (χ1n) is 8.62. The van der Waals surface area contributed by atoms with Gasteiger partial charge in [-0.3, -0.25) is 9.59 Å². The third-order valence-electron chi connectivity index (χ3n) is 4.82. The van der Waals surface area contributed by atoms with E-state index in [2.05, 4.69) is 0 Å². The van der Waals surface area contributed by atoms with Crippen LogP contribution in [0.15, 0.2) is 12.1 Å². The van der Waals surface area contributed by atoms with Gasteiger partial charge >= 0.3 is 0 Å². The van der Waals surface area contributed by atoms with Gasteiger partial charge in [0.25, 0.3) is 0 Å². The molecular weight excluding hydrogens is 344 g/mol. The summed E-state index contributed by atoms with van der Waals surface area (Å²) >= 11 is 6.29. The predicted octanol–water partition coefficient (Wildman–Crippen LogP) is 2.16. The van der Waals surface area contributed by atoms with Gasteiger partial charge in [0.1, 0.15) is 0 Å². The zero-order valence-corrected chi connectivity index (χ0v) is 15.1. The average molecular weight is 367 g/mol. The van der Waals surface area contributed by atoms with Crippen LogP contribution in [-0.4, -0.2) is 42.5 Å². The van der Waals surface area contributed by atoms with Crippen LogP contribution < -0.4 is 15.2 Å². The van der Waals surface area contributed by atoms with E-state index in [0.29, 0.717) is 36.3 Å². The Bertz CT molecular complexity index is 679. The second-order valence-corrected chi connectivity index (χ2v) is 7.11. The van der Waals surface area contributed by atoms with Crippen LogP contribution in [0.25, 0.3) is 0 Å². The second kappa shape index (κ2) is 7.52. The summed E-state index contributed by atoms with van der Waals surface area (Å²) in [5.74, 6) is 0.463. The van der Waals surface area contributed by atoms with E-state index in [9.17, 15) is 9.59 Å². The predicted molar refractivity (Wildman–Crippen MR) is 93.9 cm³/mol. The van der Waals surface area contributed by atoms with Crippen molar-refractivity contribution in [1.29, 1.82) is 0 Å². The lowest BCUT2D eigenvalue weighted by Crippen LogP contribution is -2.49. The number of ether oxygens (including phenoxy) is 2. The van der Waals surface area contributed by atoms with Crippen LogP contribution in [0.2, 0.25) is 5.02 Å². The summed E-state index contributed by atoms with van der Waals surface area (Å²) in [4.78, 5) is 26.0. The van der Waals surface area contributed by atoms with E-state index in [4.69, 9.17) is 26.8 Å². The maximum absolute atomic E-state index is 12.8. The number of carbonyl (C=O) groups is 2. The van der Waals surface area contributed by atoms with Gasteiger partial charge in [0.05, 0.1) is 30.6 Å². The molecular formula is C18H23ClN2O4. The fraction of sp³-hybridized carbons (Fsp3) is 0.556. The third-order valence-corrected chi connectivity index (χ3v) is 5.10. The maximum atomic E-state index is 12.8. The highest BCUT2D eigenvalue weighted by Crippen LogP contribution is 2.38. The highest BCUT2D eigenvalue weighted by atomic mass is 35.5. The highest BCUT2D eigenvalue weighted by Gasteiger charge is 2.31. The lowest BCUT2D eigenvalue weighted by Gasteiger charge is -2.37. The Morgan fingerprint density at radius 1 is 1.28 bits per heavy atom. The molecule has 7 heteroatoms. The number of amides is 2. The van der Waals surface area contributed by atoms with Gasteiger partial charge in [0, 0.05) is 19.0 Å². The van der Waals surface area contributed by atoms with Crippen molar-refractivity contribution >= 4 is 23.4 Å². The van der Waals surface area contributed by atoms with Gasteiger partial charge in [-0.15, -0.1) is 0 Å². The molecule has 0 unspecified atom stereocenters. The van der Waals surface area contributed by atoms with Crippen molar-refractivity contribution in [2.24, 2.45) is 11.7 Å². The minimum Gasteiger partial charge on any atom is -0.489 e. The van der Waals surface area contributed by atoms with Gasteiger partial charge in [-0.1, -0.05) is 11.6 Å². The quantitative estimate of drug-likeness (QED) is 0.888. The lowest BCUT2D eigenvalue weighted by atomic mass is 9.92. The van der Waals surface area contributed by atoms with E-state index in [1.165, 1.54) is 0 Å². The van der Waals surface area contributed by atoms with E-state index in [0.717, 1.165) is 24.8 Å². The molecule has 2 aliphatic rings. The number of rotatable bonds is 3. The molecule has 2 aliphatic heterocycles. The Hall–Kier alpha value is -1.95. The number of primary amides is 1. The number of hydrogen-bond donors (Lipinski definition) is 1. The molecule has 25 heavy (non-hydrogen) atoms. The molecule has 0 saturated carbocycles. The molecule has 0 aliphatic carbocycles. The molecule has 2 N–H and O–H groups in total. The summed E-state index contributed by atoms with van der Waals surface area (Å²) < 4.78 is 11.3. The van der Waals surface area contributed by atoms with Crippen molar-refractivity contribution in [3.8, 4) is 11.5 Å². The number of nitrogens with two attached hydrogens (primary N) is 1. The number of carbonyl (C=O) groups excluding carboxylic acids is 2. The van der Waals surface area contributed by atoms with Crippen LogP contribution in [-0.2, 0) is 16.0 Å². The van der Waals surface area contributed by atoms with Gasteiger partial charge in [-0.05, 0) is 37.5 Å².